The van der Waals surface area contributed by atoms with Gasteiger partial charge in [-0.1, -0.05) is 29.8 Å². The zero-order valence-corrected chi connectivity index (χ0v) is 15.2. The van der Waals surface area contributed by atoms with Crippen molar-refractivity contribution >= 4 is 25.8 Å². The first-order valence-corrected chi connectivity index (χ1v) is 9.12. The van der Waals surface area contributed by atoms with Gasteiger partial charge in [-0.3, -0.25) is 0 Å². The fraction of sp³-hybridized carbons (Fsp3) is 0.600. The second-order valence-corrected chi connectivity index (χ2v) is 9.49. The predicted octanol–water partition coefficient (Wildman–Crippen LogP) is 3.64. The number of hydrogen-bond donors (Lipinski definition) is 1. The molecular weight excluding hydrogens is 338 g/mol. The predicted molar refractivity (Wildman–Crippen MR) is 87.7 cm³/mol. The molecule has 0 aliphatic rings. The van der Waals surface area contributed by atoms with Crippen molar-refractivity contribution in [2.45, 2.75) is 50.3 Å². The Hall–Kier alpha value is -0.390. The van der Waals surface area contributed by atoms with Crippen LogP contribution in [0.4, 0.5) is 0 Å². The molecule has 0 amide bonds. The molecule has 5 heteroatoms. The van der Waals surface area contributed by atoms with Gasteiger partial charge < -0.3 is 5.32 Å². The average Bonchev–Trinajstić information content (AvgIpc) is 2.27. The monoisotopic (exact) mass is 361 g/mol. The van der Waals surface area contributed by atoms with E-state index in [1.54, 1.807) is 24.3 Å². The molecule has 0 saturated heterocycles. The maximum Gasteiger partial charge on any atom is 0.182 e. The van der Waals surface area contributed by atoms with Gasteiger partial charge in [-0.2, -0.15) is 0 Å². The van der Waals surface area contributed by atoms with E-state index in [4.69, 9.17) is 0 Å². The Labute approximate surface area is 131 Å². The minimum Gasteiger partial charge on any atom is -0.311 e. The summed E-state index contributed by atoms with van der Waals surface area (Å²) in [6.07, 6.45) is 0. The van der Waals surface area contributed by atoms with E-state index in [1.165, 1.54) is 0 Å². The first-order chi connectivity index (χ1) is 9.04. The molecule has 1 aromatic rings. The first kappa shape index (κ1) is 17.7. The Morgan fingerprint density at radius 1 is 1.15 bits per heavy atom. The number of rotatable bonds is 5. The molecule has 0 fully saturated rings. The van der Waals surface area contributed by atoms with E-state index >= 15 is 0 Å². The Balaban J connectivity index is 3.03. The lowest BCUT2D eigenvalue weighted by Crippen LogP contribution is -2.45. The SMILES string of the molecule is CC(C)C(CNC(C)(C)C)S(=O)(=O)c1ccc(Br)cc1. The number of nitrogens with one attached hydrogen (secondary N) is 1. The zero-order valence-electron chi connectivity index (χ0n) is 12.8. The van der Waals surface area contributed by atoms with Crippen molar-refractivity contribution in [1.82, 2.24) is 5.32 Å². The lowest BCUT2D eigenvalue weighted by atomic mass is 10.1. The quantitative estimate of drug-likeness (QED) is 0.870. The van der Waals surface area contributed by atoms with Crippen molar-refractivity contribution in [3.8, 4) is 0 Å². The van der Waals surface area contributed by atoms with Crippen molar-refractivity contribution in [2.24, 2.45) is 5.92 Å². The minimum absolute atomic E-state index is 0.0542. The molecule has 0 radical (unpaired) electrons. The standard InChI is InChI=1S/C15H24BrNO2S/c1-11(2)14(10-17-15(3,4)5)20(18,19)13-8-6-12(16)7-9-13/h6-9,11,14,17H,10H2,1-5H3. The van der Waals surface area contributed by atoms with Crippen LogP contribution in [0, 0.1) is 5.92 Å². The van der Waals surface area contributed by atoms with Gasteiger partial charge in [0.15, 0.2) is 9.84 Å². The van der Waals surface area contributed by atoms with Crippen LogP contribution in [0.15, 0.2) is 33.6 Å². The van der Waals surface area contributed by atoms with E-state index in [2.05, 4.69) is 21.2 Å². The lowest BCUT2D eigenvalue weighted by Gasteiger charge is -2.27. The topological polar surface area (TPSA) is 46.2 Å². The van der Waals surface area contributed by atoms with Crippen molar-refractivity contribution in [3.05, 3.63) is 28.7 Å². The van der Waals surface area contributed by atoms with E-state index in [-0.39, 0.29) is 11.5 Å². The lowest BCUT2D eigenvalue weighted by molar-refractivity contribution is 0.400. The average molecular weight is 362 g/mol. The highest BCUT2D eigenvalue weighted by Crippen LogP contribution is 2.23. The van der Waals surface area contributed by atoms with Crippen LogP contribution in [-0.4, -0.2) is 25.8 Å². The summed E-state index contributed by atoms with van der Waals surface area (Å²) in [6, 6.07) is 6.85. The van der Waals surface area contributed by atoms with Gasteiger partial charge in [0.1, 0.15) is 0 Å². The molecule has 114 valence electrons. The molecule has 3 nitrogen and oxygen atoms in total. The molecule has 1 aromatic carbocycles. The summed E-state index contributed by atoms with van der Waals surface area (Å²) in [6.45, 7) is 10.5. The van der Waals surface area contributed by atoms with Gasteiger partial charge in [0.05, 0.1) is 10.1 Å². The molecule has 1 rings (SSSR count). The van der Waals surface area contributed by atoms with Gasteiger partial charge in [0.25, 0.3) is 0 Å². The molecule has 1 N–H and O–H groups in total. The van der Waals surface area contributed by atoms with E-state index in [1.807, 2.05) is 34.6 Å². The van der Waals surface area contributed by atoms with Crippen LogP contribution in [0.25, 0.3) is 0 Å². The summed E-state index contributed by atoms with van der Waals surface area (Å²) in [5, 5.41) is 2.87. The van der Waals surface area contributed by atoms with Crippen LogP contribution in [-0.2, 0) is 9.84 Å². The van der Waals surface area contributed by atoms with Crippen molar-refractivity contribution in [3.63, 3.8) is 0 Å². The summed E-state index contributed by atoms with van der Waals surface area (Å²) in [5.41, 5.74) is -0.0949. The summed E-state index contributed by atoms with van der Waals surface area (Å²) in [7, 11) is -3.32. The third kappa shape index (κ3) is 4.86. The molecular formula is C15H24BrNO2S. The zero-order chi connectivity index (χ0) is 15.6. The van der Waals surface area contributed by atoms with E-state index < -0.39 is 15.1 Å². The highest BCUT2D eigenvalue weighted by Gasteiger charge is 2.31. The smallest absolute Gasteiger partial charge is 0.182 e. The van der Waals surface area contributed by atoms with Crippen molar-refractivity contribution in [2.75, 3.05) is 6.54 Å². The Morgan fingerprint density at radius 2 is 1.65 bits per heavy atom. The molecule has 0 aliphatic heterocycles. The minimum atomic E-state index is -3.32. The summed E-state index contributed by atoms with van der Waals surface area (Å²) < 4.78 is 26.4. The Bertz CT molecular complexity index is 530. The van der Waals surface area contributed by atoms with Crippen LogP contribution in [0.3, 0.4) is 0 Å². The van der Waals surface area contributed by atoms with E-state index in [9.17, 15) is 8.42 Å². The molecule has 20 heavy (non-hydrogen) atoms. The highest BCUT2D eigenvalue weighted by atomic mass is 79.9. The second kappa shape index (κ2) is 6.58. The fourth-order valence-corrected chi connectivity index (χ4v) is 4.06. The number of benzene rings is 1. The van der Waals surface area contributed by atoms with Gasteiger partial charge in [-0.25, -0.2) is 8.42 Å². The van der Waals surface area contributed by atoms with Gasteiger partial charge >= 0.3 is 0 Å². The number of halogens is 1. The largest absolute Gasteiger partial charge is 0.311 e. The second-order valence-electron chi connectivity index (χ2n) is 6.41. The highest BCUT2D eigenvalue weighted by molar-refractivity contribution is 9.10. The van der Waals surface area contributed by atoms with Crippen molar-refractivity contribution in [1.29, 1.82) is 0 Å². The van der Waals surface area contributed by atoms with Gasteiger partial charge in [0, 0.05) is 16.6 Å². The summed E-state index contributed by atoms with van der Waals surface area (Å²) in [4.78, 5) is 0.384. The molecule has 1 atom stereocenters. The van der Waals surface area contributed by atoms with Gasteiger partial charge in [0.2, 0.25) is 0 Å². The van der Waals surface area contributed by atoms with Gasteiger partial charge in [-0.05, 0) is 51.0 Å². The third-order valence-corrected chi connectivity index (χ3v) is 6.08. The number of sulfone groups is 1. The summed E-state index contributed by atoms with van der Waals surface area (Å²) in [5.74, 6) is 0.0542. The van der Waals surface area contributed by atoms with Crippen LogP contribution in [0.5, 0.6) is 0 Å². The Morgan fingerprint density at radius 3 is 2.05 bits per heavy atom. The maximum atomic E-state index is 12.7. The molecule has 0 aromatic heterocycles. The normalized spacial score (nSPS) is 14.6. The number of hydrogen-bond acceptors (Lipinski definition) is 3. The van der Waals surface area contributed by atoms with Crippen LogP contribution >= 0.6 is 15.9 Å². The van der Waals surface area contributed by atoms with Crippen molar-refractivity contribution < 1.29 is 8.42 Å². The van der Waals surface area contributed by atoms with Crippen LogP contribution in [0.1, 0.15) is 34.6 Å². The Kier molecular flexibility index (Phi) is 5.81. The molecule has 0 saturated carbocycles. The van der Waals surface area contributed by atoms with E-state index in [0.29, 0.717) is 11.4 Å². The van der Waals surface area contributed by atoms with Gasteiger partial charge in [-0.15, -0.1) is 0 Å². The fourth-order valence-electron chi connectivity index (χ4n) is 1.91. The first-order valence-electron chi connectivity index (χ1n) is 6.78. The third-order valence-electron chi connectivity index (χ3n) is 3.12. The van der Waals surface area contributed by atoms with Crippen LogP contribution < -0.4 is 5.32 Å². The molecule has 0 heterocycles. The molecule has 0 bridgehead atoms. The molecule has 0 aliphatic carbocycles. The molecule has 1 unspecified atom stereocenters. The molecule has 0 spiro atoms. The van der Waals surface area contributed by atoms with E-state index in [0.717, 1.165) is 4.47 Å². The maximum absolute atomic E-state index is 12.7. The van der Waals surface area contributed by atoms with Crippen LogP contribution in [0.2, 0.25) is 0 Å². The summed E-state index contributed by atoms with van der Waals surface area (Å²) >= 11 is 3.33.